The van der Waals surface area contributed by atoms with E-state index in [4.69, 9.17) is 0 Å². The minimum atomic E-state index is -4.42. The molecule has 8 heteroatoms. The molecule has 0 unspecified atom stereocenters. The standard InChI is InChI=1S/C9H3Br2F3N2S/c10-4-1-2-5(6(3-4)9(12,13)14)7-15-8(11)16-17-7/h1-3H. The Labute approximate surface area is 115 Å². The third kappa shape index (κ3) is 2.86. The van der Waals surface area contributed by atoms with Gasteiger partial charge in [0.25, 0.3) is 0 Å². The third-order valence-corrected chi connectivity index (χ3v) is 3.75. The van der Waals surface area contributed by atoms with Crippen LogP contribution >= 0.6 is 43.4 Å². The second kappa shape index (κ2) is 4.66. The van der Waals surface area contributed by atoms with Crippen molar-refractivity contribution in [1.29, 1.82) is 0 Å². The number of benzene rings is 1. The van der Waals surface area contributed by atoms with Gasteiger partial charge in [0.1, 0.15) is 5.01 Å². The molecule has 2 rings (SSSR count). The lowest BCUT2D eigenvalue weighted by atomic mass is 10.1. The highest BCUT2D eigenvalue weighted by Gasteiger charge is 2.34. The number of rotatable bonds is 1. The van der Waals surface area contributed by atoms with Gasteiger partial charge in [-0.2, -0.15) is 17.5 Å². The summed E-state index contributed by atoms with van der Waals surface area (Å²) in [6.07, 6.45) is -4.42. The molecule has 0 atom stereocenters. The monoisotopic (exact) mass is 386 g/mol. The lowest BCUT2D eigenvalue weighted by molar-refractivity contribution is -0.137. The highest BCUT2D eigenvalue weighted by Crippen LogP contribution is 2.39. The van der Waals surface area contributed by atoms with Crippen molar-refractivity contribution in [2.45, 2.75) is 6.18 Å². The zero-order chi connectivity index (χ0) is 12.6. The molecule has 0 aliphatic carbocycles. The second-order valence-corrected chi connectivity index (χ2v) is 5.43. The summed E-state index contributed by atoms with van der Waals surface area (Å²) >= 11 is 6.96. The summed E-state index contributed by atoms with van der Waals surface area (Å²) < 4.78 is 43.0. The molecule has 2 aromatic rings. The Morgan fingerprint density at radius 3 is 2.41 bits per heavy atom. The van der Waals surface area contributed by atoms with E-state index in [0.29, 0.717) is 4.47 Å². The van der Waals surface area contributed by atoms with Gasteiger partial charge in [0.05, 0.1) is 5.56 Å². The average Bonchev–Trinajstić information content (AvgIpc) is 2.63. The minimum Gasteiger partial charge on any atom is -0.209 e. The molecule has 17 heavy (non-hydrogen) atoms. The van der Waals surface area contributed by atoms with E-state index in [1.807, 2.05) is 0 Å². The summed E-state index contributed by atoms with van der Waals surface area (Å²) in [5, 5.41) is 0.233. The number of aromatic nitrogens is 2. The van der Waals surface area contributed by atoms with Crippen LogP contribution in [0.3, 0.4) is 0 Å². The average molecular weight is 388 g/mol. The quantitative estimate of drug-likeness (QED) is 0.705. The van der Waals surface area contributed by atoms with E-state index in [9.17, 15) is 13.2 Å². The first kappa shape index (κ1) is 13.0. The molecule has 1 aromatic carbocycles. The van der Waals surface area contributed by atoms with Crippen LogP contribution in [0.25, 0.3) is 10.6 Å². The van der Waals surface area contributed by atoms with E-state index < -0.39 is 11.7 Å². The lowest BCUT2D eigenvalue weighted by Crippen LogP contribution is -2.07. The van der Waals surface area contributed by atoms with Gasteiger partial charge in [0.15, 0.2) is 0 Å². The number of nitrogens with zero attached hydrogens (tertiary/aromatic N) is 2. The van der Waals surface area contributed by atoms with Crippen molar-refractivity contribution < 1.29 is 13.2 Å². The molecule has 0 N–H and O–H groups in total. The maximum Gasteiger partial charge on any atom is 0.417 e. The molecular formula is C9H3Br2F3N2S. The van der Waals surface area contributed by atoms with E-state index in [-0.39, 0.29) is 15.3 Å². The highest BCUT2D eigenvalue weighted by molar-refractivity contribution is 9.10. The van der Waals surface area contributed by atoms with Gasteiger partial charge in [-0.05, 0) is 39.6 Å². The molecule has 0 saturated heterocycles. The van der Waals surface area contributed by atoms with Gasteiger partial charge in [-0.15, -0.1) is 0 Å². The Balaban J connectivity index is 2.61. The van der Waals surface area contributed by atoms with E-state index in [0.717, 1.165) is 17.6 Å². The Morgan fingerprint density at radius 1 is 1.18 bits per heavy atom. The predicted molar refractivity (Wildman–Crippen MR) is 65.7 cm³/mol. The van der Waals surface area contributed by atoms with Gasteiger partial charge in [-0.1, -0.05) is 22.0 Å². The molecule has 0 aliphatic heterocycles. The first-order valence-corrected chi connectivity index (χ1v) is 6.60. The first-order chi connectivity index (χ1) is 7.88. The fourth-order valence-electron chi connectivity index (χ4n) is 1.25. The second-order valence-electron chi connectivity index (χ2n) is 3.06. The number of halogens is 5. The summed E-state index contributed by atoms with van der Waals surface area (Å²) in [5.74, 6) is 0. The molecule has 0 aliphatic rings. The maximum absolute atomic E-state index is 12.8. The lowest BCUT2D eigenvalue weighted by Gasteiger charge is -2.11. The molecule has 1 heterocycles. The fourth-order valence-corrected chi connectivity index (χ4v) is 2.73. The van der Waals surface area contributed by atoms with E-state index in [1.54, 1.807) is 6.07 Å². The SMILES string of the molecule is FC(F)(F)c1cc(Br)ccc1-c1nc(Br)ns1. The highest BCUT2D eigenvalue weighted by atomic mass is 79.9. The zero-order valence-corrected chi connectivity index (χ0v) is 11.9. The molecule has 0 fully saturated rings. The van der Waals surface area contributed by atoms with Gasteiger partial charge in [0, 0.05) is 10.0 Å². The van der Waals surface area contributed by atoms with Crippen LogP contribution in [-0.4, -0.2) is 9.36 Å². The van der Waals surface area contributed by atoms with Crippen LogP contribution in [0.4, 0.5) is 13.2 Å². The van der Waals surface area contributed by atoms with Gasteiger partial charge in [0.2, 0.25) is 4.73 Å². The van der Waals surface area contributed by atoms with Crippen molar-refractivity contribution in [3.8, 4) is 10.6 Å². The molecular weight excluding hydrogens is 385 g/mol. The smallest absolute Gasteiger partial charge is 0.209 e. The van der Waals surface area contributed by atoms with Crippen LogP contribution in [-0.2, 0) is 6.18 Å². The van der Waals surface area contributed by atoms with E-state index in [1.165, 1.54) is 6.07 Å². The summed E-state index contributed by atoms with van der Waals surface area (Å²) in [6, 6.07) is 3.95. The third-order valence-electron chi connectivity index (χ3n) is 1.92. The Hall–Kier alpha value is -0.470. The van der Waals surface area contributed by atoms with Gasteiger partial charge >= 0.3 is 6.18 Å². The summed E-state index contributed by atoms with van der Waals surface area (Å²) in [4.78, 5) is 3.89. The van der Waals surface area contributed by atoms with Crippen LogP contribution in [0.15, 0.2) is 27.4 Å². The molecule has 0 bridgehead atoms. The number of hydrogen-bond acceptors (Lipinski definition) is 3. The number of hydrogen-bond donors (Lipinski definition) is 0. The topological polar surface area (TPSA) is 25.8 Å². The minimum absolute atomic E-state index is 0.0314. The number of alkyl halides is 3. The Bertz CT molecular complexity index is 553. The van der Waals surface area contributed by atoms with Crippen molar-refractivity contribution in [2.75, 3.05) is 0 Å². The molecule has 2 nitrogen and oxygen atoms in total. The van der Waals surface area contributed by atoms with Gasteiger partial charge in [-0.25, -0.2) is 4.98 Å². The van der Waals surface area contributed by atoms with Crippen LogP contribution in [0.2, 0.25) is 0 Å². The predicted octanol–water partition coefficient (Wildman–Crippen LogP) is 4.75. The largest absolute Gasteiger partial charge is 0.417 e. The molecule has 1 aromatic heterocycles. The van der Waals surface area contributed by atoms with Crippen LogP contribution < -0.4 is 0 Å². The Morgan fingerprint density at radius 2 is 1.88 bits per heavy atom. The van der Waals surface area contributed by atoms with Crippen molar-refractivity contribution in [3.63, 3.8) is 0 Å². The fraction of sp³-hybridized carbons (Fsp3) is 0.111. The molecule has 90 valence electrons. The van der Waals surface area contributed by atoms with Crippen LogP contribution in [0.1, 0.15) is 5.56 Å². The van der Waals surface area contributed by atoms with Crippen molar-refractivity contribution in [3.05, 3.63) is 33.0 Å². The van der Waals surface area contributed by atoms with Crippen LogP contribution in [0.5, 0.6) is 0 Å². The summed E-state index contributed by atoms with van der Waals surface area (Å²) in [7, 11) is 0. The van der Waals surface area contributed by atoms with Crippen molar-refractivity contribution in [2.24, 2.45) is 0 Å². The van der Waals surface area contributed by atoms with E-state index >= 15 is 0 Å². The summed E-state index contributed by atoms with van der Waals surface area (Å²) in [6.45, 7) is 0. The summed E-state index contributed by atoms with van der Waals surface area (Å²) in [5.41, 5.74) is -0.695. The van der Waals surface area contributed by atoms with Crippen LogP contribution in [0, 0.1) is 0 Å². The van der Waals surface area contributed by atoms with Gasteiger partial charge < -0.3 is 0 Å². The molecule has 0 amide bonds. The first-order valence-electron chi connectivity index (χ1n) is 4.24. The van der Waals surface area contributed by atoms with Gasteiger partial charge in [-0.3, -0.25) is 0 Å². The normalized spacial score (nSPS) is 11.8. The maximum atomic E-state index is 12.8. The molecule has 0 radical (unpaired) electrons. The van der Waals surface area contributed by atoms with Crippen molar-refractivity contribution >= 4 is 43.4 Å². The van der Waals surface area contributed by atoms with E-state index in [2.05, 4.69) is 41.2 Å². The molecule has 0 spiro atoms. The Kier molecular flexibility index (Phi) is 3.55. The zero-order valence-electron chi connectivity index (χ0n) is 7.92. The van der Waals surface area contributed by atoms with Crippen molar-refractivity contribution in [1.82, 2.24) is 9.36 Å². The molecule has 0 saturated carbocycles.